The van der Waals surface area contributed by atoms with Crippen molar-refractivity contribution in [2.45, 2.75) is 84.2 Å². The molecule has 0 unspecified atom stereocenters. The first-order valence-electron chi connectivity index (χ1n) is 12.2. The molecule has 4 aliphatic rings. The van der Waals surface area contributed by atoms with Gasteiger partial charge in [0, 0.05) is 25.7 Å². The highest BCUT2D eigenvalue weighted by Crippen LogP contribution is 2.59. The average Bonchev–Trinajstić information content (AvgIpc) is 3.17. The van der Waals surface area contributed by atoms with E-state index in [4.69, 9.17) is 9.47 Å². The van der Waals surface area contributed by atoms with E-state index < -0.39 is 0 Å². The van der Waals surface area contributed by atoms with E-state index in [0.717, 1.165) is 38.5 Å². The smallest absolute Gasteiger partial charge is 0.305 e. The first kappa shape index (κ1) is 21.8. The number of hydrogen-bond donors (Lipinski definition) is 0. The molecule has 0 heterocycles. The van der Waals surface area contributed by atoms with Crippen molar-refractivity contribution in [2.75, 3.05) is 7.11 Å². The lowest BCUT2D eigenvalue weighted by Gasteiger charge is -2.52. The standard InChI is InChI=1S/C25H38O5/c1-14(4-11-24(28)29-3)18-9-10-21-20-7-5-16-12-17(30-15(2)26)6-8-19(16)22(20)13-23(27)25(18)21/h14,16-22,25H,4-13H2,1-3H3/t14-,16+,17+,18-,19-,20-,21+,22-,25-/m0/s1. The first-order valence-corrected chi connectivity index (χ1v) is 12.2. The first-order chi connectivity index (χ1) is 14.4. The van der Waals surface area contributed by atoms with Crippen molar-refractivity contribution in [1.82, 2.24) is 0 Å². The maximum absolute atomic E-state index is 13.4. The molecule has 5 heteroatoms. The SMILES string of the molecule is COC(=O)CC[C@H](C)[C@@H]1CC[C@@H]2[C@@H]3CC[C@@H]4C[C@H](OC(C)=O)CC[C@@H]4[C@@H]3CC(=O)[C@H]21. The summed E-state index contributed by atoms with van der Waals surface area (Å²) in [5, 5.41) is 0. The number of ketones is 1. The molecule has 0 radical (unpaired) electrons. The Kier molecular flexibility index (Phi) is 6.55. The maximum atomic E-state index is 13.4. The van der Waals surface area contributed by atoms with E-state index in [9.17, 15) is 14.4 Å². The van der Waals surface area contributed by atoms with E-state index in [-0.39, 0.29) is 24.0 Å². The molecule has 4 rings (SSSR count). The zero-order chi connectivity index (χ0) is 21.4. The summed E-state index contributed by atoms with van der Waals surface area (Å²) in [6.07, 6.45) is 9.94. The fourth-order valence-electron chi connectivity index (χ4n) is 7.94. The molecule has 9 atom stereocenters. The molecule has 5 nitrogen and oxygen atoms in total. The van der Waals surface area contributed by atoms with Crippen molar-refractivity contribution < 1.29 is 23.9 Å². The second-order valence-corrected chi connectivity index (χ2v) is 10.6. The largest absolute Gasteiger partial charge is 0.469 e. The van der Waals surface area contributed by atoms with Gasteiger partial charge in [-0.3, -0.25) is 14.4 Å². The molecule has 0 saturated heterocycles. The molecule has 0 N–H and O–H groups in total. The molecule has 0 aromatic heterocycles. The number of carbonyl (C=O) groups excluding carboxylic acids is 3. The zero-order valence-electron chi connectivity index (χ0n) is 18.8. The molecule has 4 aliphatic carbocycles. The van der Waals surface area contributed by atoms with E-state index in [2.05, 4.69) is 6.92 Å². The quantitative estimate of drug-likeness (QED) is 0.612. The second kappa shape index (κ2) is 9.00. The number of esters is 2. The minimum atomic E-state index is -0.166. The topological polar surface area (TPSA) is 69.7 Å². The summed E-state index contributed by atoms with van der Waals surface area (Å²) in [7, 11) is 1.44. The number of rotatable bonds is 5. The lowest BCUT2D eigenvalue weighted by Crippen LogP contribution is -2.49. The van der Waals surface area contributed by atoms with Crippen molar-refractivity contribution in [1.29, 1.82) is 0 Å². The van der Waals surface area contributed by atoms with Gasteiger partial charge in [-0.05, 0) is 92.8 Å². The zero-order valence-corrected chi connectivity index (χ0v) is 18.8. The van der Waals surface area contributed by atoms with Crippen LogP contribution in [0.3, 0.4) is 0 Å². The summed E-state index contributed by atoms with van der Waals surface area (Å²) in [5.74, 6) is 4.27. The lowest BCUT2D eigenvalue weighted by atomic mass is 9.52. The molecule has 0 aliphatic heterocycles. The van der Waals surface area contributed by atoms with Gasteiger partial charge >= 0.3 is 11.9 Å². The van der Waals surface area contributed by atoms with Gasteiger partial charge in [0.05, 0.1) is 7.11 Å². The highest BCUT2D eigenvalue weighted by molar-refractivity contribution is 5.83. The Morgan fingerprint density at radius 1 is 1.00 bits per heavy atom. The molecule has 0 spiro atoms. The Morgan fingerprint density at radius 3 is 2.47 bits per heavy atom. The van der Waals surface area contributed by atoms with Crippen LogP contribution in [0.4, 0.5) is 0 Å². The summed E-state index contributed by atoms with van der Waals surface area (Å²) >= 11 is 0. The van der Waals surface area contributed by atoms with Gasteiger partial charge in [0.1, 0.15) is 11.9 Å². The van der Waals surface area contributed by atoms with Gasteiger partial charge in [-0.15, -0.1) is 0 Å². The van der Waals surface area contributed by atoms with Gasteiger partial charge in [0.15, 0.2) is 0 Å². The van der Waals surface area contributed by atoms with E-state index in [1.54, 1.807) is 0 Å². The van der Waals surface area contributed by atoms with Crippen molar-refractivity contribution >= 4 is 17.7 Å². The minimum Gasteiger partial charge on any atom is -0.469 e. The molecule has 30 heavy (non-hydrogen) atoms. The molecule has 4 fully saturated rings. The Morgan fingerprint density at radius 2 is 1.73 bits per heavy atom. The molecule has 0 aromatic carbocycles. The van der Waals surface area contributed by atoms with E-state index >= 15 is 0 Å². The van der Waals surface area contributed by atoms with Crippen LogP contribution in [0.1, 0.15) is 78.1 Å². The number of hydrogen-bond acceptors (Lipinski definition) is 5. The predicted octanol–water partition coefficient (Wildman–Crippen LogP) is 4.57. The van der Waals surface area contributed by atoms with Crippen molar-refractivity contribution in [3.05, 3.63) is 0 Å². The van der Waals surface area contributed by atoms with E-state index in [0.29, 0.717) is 53.6 Å². The molecule has 0 bridgehead atoms. The van der Waals surface area contributed by atoms with Crippen LogP contribution in [0.5, 0.6) is 0 Å². The molecule has 168 valence electrons. The fourth-order valence-corrected chi connectivity index (χ4v) is 7.94. The van der Waals surface area contributed by atoms with Gasteiger partial charge in [0.2, 0.25) is 0 Å². The number of ether oxygens (including phenoxy) is 2. The van der Waals surface area contributed by atoms with Crippen LogP contribution >= 0.6 is 0 Å². The Hall–Kier alpha value is -1.39. The number of carbonyl (C=O) groups is 3. The third-order valence-electron chi connectivity index (χ3n) is 9.17. The third kappa shape index (κ3) is 4.18. The van der Waals surface area contributed by atoms with Crippen LogP contribution in [0.2, 0.25) is 0 Å². The lowest BCUT2D eigenvalue weighted by molar-refractivity contribution is -0.152. The molecule has 0 aromatic rings. The van der Waals surface area contributed by atoms with Gasteiger partial charge in [-0.1, -0.05) is 6.92 Å². The van der Waals surface area contributed by atoms with Crippen LogP contribution in [-0.2, 0) is 23.9 Å². The van der Waals surface area contributed by atoms with Gasteiger partial charge in [-0.25, -0.2) is 0 Å². The summed E-state index contributed by atoms with van der Waals surface area (Å²) in [6.45, 7) is 3.73. The fraction of sp³-hybridized carbons (Fsp3) is 0.880. The van der Waals surface area contributed by atoms with Crippen molar-refractivity contribution in [2.24, 2.45) is 47.3 Å². The van der Waals surface area contributed by atoms with Crippen LogP contribution in [-0.4, -0.2) is 30.9 Å². The van der Waals surface area contributed by atoms with Crippen LogP contribution in [0.15, 0.2) is 0 Å². The Balaban J connectivity index is 1.41. The van der Waals surface area contributed by atoms with Crippen LogP contribution in [0.25, 0.3) is 0 Å². The number of Topliss-reactive ketones (excluding diaryl/α,β-unsaturated/α-hetero) is 1. The number of fused-ring (bicyclic) bond motifs is 5. The average molecular weight is 419 g/mol. The Bertz CT molecular complexity index is 672. The van der Waals surface area contributed by atoms with Crippen LogP contribution in [0, 0.1) is 47.3 Å². The highest BCUT2D eigenvalue weighted by Gasteiger charge is 2.55. The van der Waals surface area contributed by atoms with Crippen molar-refractivity contribution in [3.8, 4) is 0 Å². The summed E-state index contributed by atoms with van der Waals surface area (Å²) in [4.78, 5) is 36.3. The number of methoxy groups -OCH3 is 1. The summed E-state index contributed by atoms with van der Waals surface area (Å²) < 4.78 is 10.3. The van der Waals surface area contributed by atoms with Crippen LogP contribution < -0.4 is 0 Å². The maximum Gasteiger partial charge on any atom is 0.305 e. The molecule has 0 amide bonds. The normalized spacial score (nSPS) is 41.2. The van der Waals surface area contributed by atoms with Gasteiger partial charge in [-0.2, -0.15) is 0 Å². The summed E-state index contributed by atoms with van der Waals surface area (Å²) in [5.41, 5.74) is 0. The molecular formula is C25H38O5. The minimum absolute atomic E-state index is 0.0823. The molecular weight excluding hydrogens is 380 g/mol. The van der Waals surface area contributed by atoms with Crippen molar-refractivity contribution in [3.63, 3.8) is 0 Å². The molecule has 4 saturated carbocycles. The highest BCUT2D eigenvalue weighted by atomic mass is 16.5. The predicted molar refractivity (Wildman–Crippen MR) is 112 cm³/mol. The van der Waals surface area contributed by atoms with E-state index in [1.165, 1.54) is 33.3 Å². The van der Waals surface area contributed by atoms with Gasteiger partial charge < -0.3 is 9.47 Å². The summed E-state index contributed by atoms with van der Waals surface area (Å²) in [6, 6.07) is 0. The van der Waals surface area contributed by atoms with E-state index in [1.807, 2.05) is 0 Å². The van der Waals surface area contributed by atoms with Gasteiger partial charge in [0.25, 0.3) is 0 Å². The Labute approximate surface area is 180 Å². The monoisotopic (exact) mass is 418 g/mol. The second-order valence-electron chi connectivity index (χ2n) is 10.6. The third-order valence-corrected chi connectivity index (χ3v) is 9.17.